The number of aromatic nitrogens is 5. The first-order valence-corrected chi connectivity index (χ1v) is 12.6. The van der Waals surface area contributed by atoms with Crippen LogP contribution >= 0.6 is 23.1 Å². The lowest BCUT2D eigenvalue weighted by Gasteiger charge is -2.10. The van der Waals surface area contributed by atoms with Gasteiger partial charge in [-0.05, 0) is 68.5 Å². The zero-order chi connectivity index (χ0) is 22.9. The SMILES string of the molecule is CSc1nc2nc(C)c(CCC(=O)Nc3ccc(-c4nc5ccccc5s4)cc3)c(C)n2n1. The van der Waals surface area contributed by atoms with Crippen molar-refractivity contribution in [2.24, 2.45) is 0 Å². The van der Waals surface area contributed by atoms with Crippen LogP contribution in [-0.2, 0) is 11.2 Å². The van der Waals surface area contributed by atoms with Gasteiger partial charge in [-0.25, -0.2) is 14.5 Å². The standard InChI is InChI=1S/C24H22N6OS2/c1-14-18(15(2)30-23(25-14)28-24(29-30)32-3)12-13-21(31)26-17-10-8-16(9-11-17)22-27-19-6-4-5-7-20(19)33-22/h4-11H,12-13H2,1-3H3,(H,26,31). The minimum atomic E-state index is -0.0370. The fourth-order valence-electron chi connectivity index (χ4n) is 3.79. The van der Waals surface area contributed by atoms with Crippen LogP contribution in [0.2, 0.25) is 0 Å². The molecule has 3 aromatic heterocycles. The summed E-state index contributed by atoms with van der Waals surface area (Å²) in [5, 5.41) is 9.13. The number of carbonyl (C=O) groups is 1. The number of thioether (sulfide) groups is 1. The molecule has 0 atom stereocenters. The highest BCUT2D eigenvalue weighted by atomic mass is 32.2. The molecule has 0 radical (unpaired) electrons. The third kappa shape index (κ3) is 4.34. The van der Waals surface area contributed by atoms with E-state index in [1.54, 1.807) is 15.9 Å². The van der Waals surface area contributed by atoms with E-state index in [1.807, 2.05) is 62.6 Å². The Morgan fingerprint density at radius 1 is 1.06 bits per heavy atom. The predicted molar refractivity (Wildman–Crippen MR) is 134 cm³/mol. The molecule has 166 valence electrons. The normalized spacial score (nSPS) is 11.4. The van der Waals surface area contributed by atoms with Crippen LogP contribution < -0.4 is 5.32 Å². The van der Waals surface area contributed by atoms with Crippen LogP contribution in [0.4, 0.5) is 5.69 Å². The number of aryl methyl sites for hydroxylation is 2. The van der Waals surface area contributed by atoms with Crippen molar-refractivity contribution in [2.45, 2.75) is 31.8 Å². The Balaban J connectivity index is 1.26. The van der Waals surface area contributed by atoms with Crippen LogP contribution in [0.1, 0.15) is 23.4 Å². The number of hydrogen-bond donors (Lipinski definition) is 1. The lowest BCUT2D eigenvalue weighted by atomic mass is 10.1. The number of nitrogens with one attached hydrogen (secondary N) is 1. The first kappa shape index (κ1) is 21.5. The van der Waals surface area contributed by atoms with Gasteiger partial charge in [0.25, 0.3) is 5.78 Å². The van der Waals surface area contributed by atoms with Gasteiger partial charge in [-0.15, -0.1) is 16.4 Å². The highest BCUT2D eigenvalue weighted by molar-refractivity contribution is 7.98. The zero-order valence-corrected chi connectivity index (χ0v) is 20.1. The molecule has 0 aliphatic rings. The van der Waals surface area contributed by atoms with Crippen molar-refractivity contribution in [1.82, 2.24) is 24.6 Å². The molecule has 0 bridgehead atoms. The molecule has 0 spiro atoms. The molecule has 0 saturated heterocycles. The number of rotatable bonds is 6. The summed E-state index contributed by atoms with van der Waals surface area (Å²) in [6, 6.07) is 15.9. The van der Waals surface area contributed by atoms with Crippen molar-refractivity contribution in [3.63, 3.8) is 0 Å². The zero-order valence-electron chi connectivity index (χ0n) is 18.5. The number of nitrogens with zero attached hydrogens (tertiary/aromatic N) is 5. The van der Waals surface area contributed by atoms with Gasteiger partial charge in [-0.1, -0.05) is 23.9 Å². The number of fused-ring (bicyclic) bond motifs is 2. The quantitative estimate of drug-likeness (QED) is 0.336. The van der Waals surface area contributed by atoms with E-state index in [9.17, 15) is 4.79 Å². The first-order valence-electron chi connectivity index (χ1n) is 10.5. The molecular formula is C24H22N6OS2. The van der Waals surface area contributed by atoms with Crippen LogP contribution in [0, 0.1) is 13.8 Å². The Kier molecular flexibility index (Phi) is 5.82. The minimum absolute atomic E-state index is 0.0370. The molecule has 9 heteroatoms. The largest absolute Gasteiger partial charge is 0.326 e. The minimum Gasteiger partial charge on any atom is -0.326 e. The maximum atomic E-state index is 12.6. The molecule has 0 aliphatic carbocycles. The summed E-state index contributed by atoms with van der Waals surface area (Å²) in [6.45, 7) is 3.95. The van der Waals surface area contributed by atoms with Gasteiger partial charge in [0.05, 0.1) is 10.2 Å². The van der Waals surface area contributed by atoms with Gasteiger partial charge in [-0.2, -0.15) is 4.98 Å². The van der Waals surface area contributed by atoms with Gasteiger partial charge in [0.2, 0.25) is 11.1 Å². The summed E-state index contributed by atoms with van der Waals surface area (Å²) in [6.07, 6.45) is 2.89. The van der Waals surface area contributed by atoms with Crippen molar-refractivity contribution in [3.05, 3.63) is 65.5 Å². The van der Waals surface area contributed by atoms with Crippen LogP contribution in [0.3, 0.4) is 0 Å². The highest BCUT2D eigenvalue weighted by Gasteiger charge is 2.15. The van der Waals surface area contributed by atoms with E-state index in [-0.39, 0.29) is 5.91 Å². The topological polar surface area (TPSA) is 85.1 Å². The maximum absolute atomic E-state index is 12.6. The molecule has 1 amide bonds. The molecule has 0 saturated carbocycles. The van der Waals surface area contributed by atoms with Crippen LogP contribution in [0.15, 0.2) is 53.7 Å². The average Bonchev–Trinajstić information content (AvgIpc) is 3.43. The lowest BCUT2D eigenvalue weighted by molar-refractivity contribution is -0.116. The number of hydrogen-bond acceptors (Lipinski definition) is 7. The van der Waals surface area contributed by atoms with Gasteiger partial charge in [0.15, 0.2) is 0 Å². The predicted octanol–water partition coefficient (Wildman–Crippen LogP) is 5.31. The number of carbonyl (C=O) groups excluding carboxylic acids is 1. The molecule has 0 aliphatic heterocycles. The molecule has 1 N–H and O–H groups in total. The van der Waals surface area contributed by atoms with Crippen molar-refractivity contribution >= 4 is 50.7 Å². The maximum Gasteiger partial charge on any atom is 0.253 e. The summed E-state index contributed by atoms with van der Waals surface area (Å²) >= 11 is 3.15. The number of anilines is 1. The van der Waals surface area contributed by atoms with E-state index in [0.29, 0.717) is 23.8 Å². The second-order valence-electron chi connectivity index (χ2n) is 7.68. The molecule has 5 rings (SSSR count). The molecule has 2 aromatic carbocycles. The van der Waals surface area contributed by atoms with Gasteiger partial charge in [0.1, 0.15) is 5.01 Å². The fourth-order valence-corrected chi connectivity index (χ4v) is 5.10. The summed E-state index contributed by atoms with van der Waals surface area (Å²) in [5.74, 6) is 0.556. The molecule has 0 fully saturated rings. The van der Waals surface area contributed by atoms with E-state index in [0.717, 1.165) is 38.7 Å². The van der Waals surface area contributed by atoms with Gasteiger partial charge in [0, 0.05) is 29.1 Å². The third-order valence-corrected chi connectivity index (χ3v) is 7.15. The first-order chi connectivity index (χ1) is 16.0. The van der Waals surface area contributed by atoms with Gasteiger partial charge < -0.3 is 5.32 Å². The van der Waals surface area contributed by atoms with E-state index in [2.05, 4.69) is 26.4 Å². The third-order valence-electron chi connectivity index (χ3n) is 5.52. The molecule has 33 heavy (non-hydrogen) atoms. The van der Waals surface area contributed by atoms with Crippen LogP contribution in [0.25, 0.3) is 26.6 Å². The number of thiazole rings is 1. The van der Waals surface area contributed by atoms with E-state index in [4.69, 9.17) is 4.98 Å². The molecular weight excluding hydrogens is 452 g/mol. The van der Waals surface area contributed by atoms with Crippen molar-refractivity contribution < 1.29 is 4.79 Å². The second kappa shape index (κ2) is 8.92. The van der Waals surface area contributed by atoms with Gasteiger partial charge in [-0.3, -0.25) is 4.79 Å². The lowest BCUT2D eigenvalue weighted by Crippen LogP contribution is -2.14. The fraction of sp³-hybridized carbons (Fsp3) is 0.208. The Labute approximate surface area is 199 Å². The van der Waals surface area contributed by atoms with Crippen molar-refractivity contribution in [3.8, 4) is 10.6 Å². The Hall–Kier alpha value is -3.30. The molecule has 0 unspecified atom stereocenters. The molecule has 7 nitrogen and oxygen atoms in total. The Morgan fingerprint density at radius 2 is 1.85 bits per heavy atom. The number of para-hydroxylation sites is 1. The highest BCUT2D eigenvalue weighted by Crippen LogP contribution is 2.30. The summed E-state index contributed by atoms with van der Waals surface area (Å²) in [4.78, 5) is 26.3. The average molecular weight is 475 g/mol. The monoisotopic (exact) mass is 474 g/mol. The van der Waals surface area contributed by atoms with Crippen molar-refractivity contribution in [2.75, 3.05) is 11.6 Å². The summed E-state index contributed by atoms with van der Waals surface area (Å²) in [5.41, 5.74) is 5.70. The van der Waals surface area contributed by atoms with Crippen molar-refractivity contribution in [1.29, 1.82) is 0 Å². The second-order valence-corrected chi connectivity index (χ2v) is 9.49. The summed E-state index contributed by atoms with van der Waals surface area (Å²) in [7, 11) is 0. The Morgan fingerprint density at radius 3 is 2.61 bits per heavy atom. The molecule has 3 heterocycles. The molecule has 5 aromatic rings. The Bertz CT molecular complexity index is 1440. The summed E-state index contributed by atoms with van der Waals surface area (Å²) < 4.78 is 2.92. The van der Waals surface area contributed by atoms with E-state index in [1.165, 1.54) is 16.5 Å². The smallest absolute Gasteiger partial charge is 0.253 e. The van der Waals surface area contributed by atoms with E-state index >= 15 is 0 Å². The van der Waals surface area contributed by atoms with Crippen LogP contribution in [-0.4, -0.2) is 36.7 Å². The van der Waals surface area contributed by atoms with Gasteiger partial charge >= 0.3 is 0 Å². The number of amides is 1. The number of benzene rings is 2. The van der Waals surface area contributed by atoms with Crippen LogP contribution in [0.5, 0.6) is 0 Å². The van der Waals surface area contributed by atoms with E-state index < -0.39 is 0 Å².